The maximum absolute atomic E-state index is 10.00. The molecule has 18 heavy (non-hydrogen) atoms. The SMILES string of the molecule is Cc1ccc(N(C)CC(O)CNC2CC2)c(C)c1. The summed E-state index contributed by atoms with van der Waals surface area (Å²) in [4.78, 5) is 2.13. The third-order valence-corrected chi connectivity index (χ3v) is 3.47. The third kappa shape index (κ3) is 3.72. The highest BCUT2D eigenvalue weighted by atomic mass is 16.3. The molecule has 3 nitrogen and oxygen atoms in total. The van der Waals surface area contributed by atoms with Crippen molar-refractivity contribution in [2.24, 2.45) is 0 Å². The lowest BCUT2D eigenvalue weighted by Crippen LogP contribution is -2.37. The molecule has 2 N–H and O–H groups in total. The fourth-order valence-electron chi connectivity index (χ4n) is 2.30. The summed E-state index contributed by atoms with van der Waals surface area (Å²) in [6.07, 6.45) is 2.22. The molecule has 1 aromatic rings. The maximum Gasteiger partial charge on any atom is 0.0839 e. The molecule has 0 amide bonds. The van der Waals surface area contributed by atoms with Crippen LogP contribution in [0.5, 0.6) is 0 Å². The smallest absolute Gasteiger partial charge is 0.0839 e. The Labute approximate surface area is 110 Å². The number of aryl methyl sites for hydroxylation is 2. The van der Waals surface area contributed by atoms with E-state index in [0.29, 0.717) is 19.1 Å². The number of aliphatic hydroxyl groups excluding tert-OH is 1. The normalized spacial score (nSPS) is 16.7. The Morgan fingerprint density at radius 2 is 2.11 bits per heavy atom. The molecule has 1 fully saturated rings. The molecule has 1 aliphatic carbocycles. The molecule has 0 heterocycles. The minimum Gasteiger partial charge on any atom is -0.390 e. The molecule has 2 rings (SSSR count). The summed E-state index contributed by atoms with van der Waals surface area (Å²) in [5.41, 5.74) is 3.74. The van der Waals surface area contributed by atoms with Gasteiger partial charge in [-0.25, -0.2) is 0 Å². The van der Waals surface area contributed by atoms with Gasteiger partial charge in [0, 0.05) is 31.9 Å². The van der Waals surface area contributed by atoms with Crippen LogP contribution in [-0.2, 0) is 0 Å². The second-order valence-corrected chi connectivity index (χ2v) is 5.51. The lowest BCUT2D eigenvalue weighted by Gasteiger charge is -2.24. The van der Waals surface area contributed by atoms with Gasteiger partial charge in [-0.1, -0.05) is 17.7 Å². The van der Waals surface area contributed by atoms with Gasteiger partial charge in [-0.15, -0.1) is 0 Å². The Hall–Kier alpha value is -1.06. The minimum atomic E-state index is -0.309. The first kappa shape index (κ1) is 13.4. The lowest BCUT2D eigenvalue weighted by molar-refractivity contribution is 0.177. The van der Waals surface area contributed by atoms with Gasteiger partial charge in [0.2, 0.25) is 0 Å². The highest BCUT2D eigenvalue weighted by Crippen LogP contribution is 2.20. The highest BCUT2D eigenvalue weighted by Gasteiger charge is 2.21. The maximum atomic E-state index is 10.00. The van der Waals surface area contributed by atoms with Gasteiger partial charge in [-0.05, 0) is 38.3 Å². The first-order valence-electron chi connectivity index (χ1n) is 6.76. The highest BCUT2D eigenvalue weighted by molar-refractivity contribution is 5.53. The number of nitrogens with one attached hydrogen (secondary N) is 1. The van der Waals surface area contributed by atoms with Crippen molar-refractivity contribution in [2.75, 3.05) is 25.0 Å². The molecule has 1 aromatic carbocycles. The van der Waals surface area contributed by atoms with Gasteiger partial charge < -0.3 is 15.3 Å². The van der Waals surface area contributed by atoms with Crippen molar-refractivity contribution in [1.29, 1.82) is 0 Å². The molecular weight excluding hydrogens is 224 g/mol. The van der Waals surface area contributed by atoms with Crippen molar-refractivity contribution >= 4 is 5.69 Å². The van der Waals surface area contributed by atoms with E-state index in [1.54, 1.807) is 0 Å². The Kier molecular flexibility index (Phi) is 4.25. The van der Waals surface area contributed by atoms with Crippen LogP contribution in [0.25, 0.3) is 0 Å². The number of anilines is 1. The fraction of sp³-hybridized carbons (Fsp3) is 0.600. The summed E-state index contributed by atoms with van der Waals surface area (Å²) in [7, 11) is 2.04. The standard InChI is InChI=1S/C15H24N2O/c1-11-4-7-15(12(2)8-11)17(3)10-14(18)9-16-13-5-6-13/h4,7-8,13-14,16,18H,5-6,9-10H2,1-3H3. The molecule has 0 saturated heterocycles. The van der Waals surface area contributed by atoms with Gasteiger partial charge in [0.15, 0.2) is 0 Å². The number of nitrogens with zero attached hydrogens (tertiary/aromatic N) is 1. The molecule has 3 heteroatoms. The topological polar surface area (TPSA) is 35.5 Å². The summed E-state index contributed by atoms with van der Waals surface area (Å²) >= 11 is 0. The van der Waals surface area contributed by atoms with Crippen LogP contribution in [-0.4, -0.2) is 37.4 Å². The van der Waals surface area contributed by atoms with Gasteiger partial charge in [-0.2, -0.15) is 0 Å². The Balaban J connectivity index is 1.87. The van der Waals surface area contributed by atoms with Crippen molar-refractivity contribution in [1.82, 2.24) is 5.32 Å². The molecule has 1 atom stereocenters. The summed E-state index contributed by atoms with van der Waals surface area (Å²) < 4.78 is 0. The van der Waals surface area contributed by atoms with E-state index in [2.05, 4.69) is 42.3 Å². The molecule has 1 aliphatic rings. The van der Waals surface area contributed by atoms with Crippen LogP contribution in [0.2, 0.25) is 0 Å². The van der Waals surface area contributed by atoms with Crippen molar-refractivity contribution in [3.05, 3.63) is 29.3 Å². The number of hydrogen-bond acceptors (Lipinski definition) is 3. The summed E-state index contributed by atoms with van der Waals surface area (Å²) in [5.74, 6) is 0. The van der Waals surface area contributed by atoms with Crippen molar-refractivity contribution < 1.29 is 5.11 Å². The predicted molar refractivity (Wildman–Crippen MR) is 76.2 cm³/mol. The third-order valence-electron chi connectivity index (χ3n) is 3.47. The monoisotopic (exact) mass is 248 g/mol. The minimum absolute atomic E-state index is 0.309. The molecule has 1 saturated carbocycles. The van der Waals surface area contributed by atoms with Gasteiger partial charge in [-0.3, -0.25) is 0 Å². The van der Waals surface area contributed by atoms with Crippen LogP contribution in [0.3, 0.4) is 0 Å². The Bertz CT molecular complexity index is 401. The van der Waals surface area contributed by atoms with Crippen LogP contribution in [0.1, 0.15) is 24.0 Å². The molecule has 0 aromatic heterocycles. The van der Waals surface area contributed by atoms with Crippen LogP contribution < -0.4 is 10.2 Å². The molecule has 0 spiro atoms. The van der Waals surface area contributed by atoms with E-state index >= 15 is 0 Å². The van der Waals surface area contributed by atoms with Crippen LogP contribution in [0.15, 0.2) is 18.2 Å². The Morgan fingerprint density at radius 3 is 2.72 bits per heavy atom. The van der Waals surface area contributed by atoms with Gasteiger partial charge in [0.05, 0.1) is 6.10 Å². The van der Waals surface area contributed by atoms with E-state index in [-0.39, 0.29) is 6.10 Å². The molecule has 100 valence electrons. The molecule has 1 unspecified atom stereocenters. The van der Waals surface area contributed by atoms with E-state index in [9.17, 15) is 5.11 Å². The van der Waals surface area contributed by atoms with E-state index < -0.39 is 0 Å². The second-order valence-electron chi connectivity index (χ2n) is 5.51. The number of aliphatic hydroxyl groups is 1. The molecule has 0 bridgehead atoms. The van der Waals surface area contributed by atoms with Gasteiger partial charge in [0.1, 0.15) is 0 Å². The largest absolute Gasteiger partial charge is 0.390 e. The second kappa shape index (κ2) is 5.72. The summed E-state index contributed by atoms with van der Waals surface area (Å²) in [6, 6.07) is 7.09. The quantitative estimate of drug-likeness (QED) is 0.806. The Morgan fingerprint density at radius 1 is 1.39 bits per heavy atom. The zero-order valence-electron chi connectivity index (χ0n) is 11.6. The van der Waals surface area contributed by atoms with Crippen LogP contribution >= 0.6 is 0 Å². The lowest BCUT2D eigenvalue weighted by atomic mass is 10.1. The number of rotatable bonds is 6. The van der Waals surface area contributed by atoms with E-state index in [1.165, 1.54) is 29.7 Å². The number of benzene rings is 1. The van der Waals surface area contributed by atoms with Crippen molar-refractivity contribution in [2.45, 2.75) is 38.8 Å². The van der Waals surface area contributed by atoms with Crippen molar-refractivity contribution in [3.63, 3.8) is 0 Å². The van der Waals surface area contributed by atoms with Gasteiger partial charge >= 0.3 is 0 Å². The average molecular weight is 248 g/mol. The molecular formula is C15H24N2O. The zero-order valence-corrected chi connectivity index (χ0v) is 11.6. The summed E-state index contributed by atoms with van der Waals surface area (Å²) in [6.45, 7) is 5.59. The van der Waals surface area contributed by atoms with Gasteiger partial charge in [0.25, 0.3) is 0 Å². The molecule has 0 aliphatic heterocycles. The first-order valence-corrected chi connectivity index (χ1v) is 6.76. The number of likely N-dealkylation sites (N-methyl/N-ethyl adjacent to an activating group) is 1. The van der Waals surface area contributed by atoms with Crippen LogP contribution in [0, 0.1) is 13.8 Å². The van der Waals surface area contributed by atoms with Crippen molar-refractivity contribution in [3.8, 4) is 0 Å². The van der Waals surface area contributed by atoms with Crippen LogP contribution in [0.4, 0.5) is 5.69 Å². The fourth-order valence-corrected chi connectivity index (χ4v) is 2.30. The van der Waals surface area contributed by atoms with E-state index in [4.69, 9.17) is 0 Å². The number of hydrogen-bond donors (Lipinski definition) is 2. The molecule has 0 radical (unpaired) electrons. The van der Waals surface area contributed by atoms with E-state index in [0.717, 1.165) is 0 Å². The zero-order chi connectivity index (χ0) is 13.1. The summed E-state index contributed by atoms with van der Waals surface area (Å²) in [5, 5.41) is 13.4. The van der Waals surface area contributed by atoms with E-state index in [1.807, 2.05) is 7.05 Å². The predicted octanol–water partition coefficient (Wildman–Crippen LogP) is 1.85. The first-order chi connectivity index (χ1) is 8.56. The average Bonchev–Trinajstić information content (AvgIpc) is 3.09.